The maximum absolute atomic E-state index is 11.8. The minimum absolute atomic E-state index is 0.106. The molecule has 0 aromatic carbocycles. The van der Waals surface area contributed by atoms with Crippen LogP contribution in [0.2, 0.25) is 0 Å². The van der Waals surface area contributed by atoms with Crippen LogP contribution in [-0.4, -0.2) is 35.8 Å². The smallest absolute Gasteiger partial charge is 0.323 e. The van der Waals surface area contributed by atoms with E-state index < -0.39 is 30.6 Å². The minimum Gasteiger partial charge on any atom is -0.480 e. The molecule has 1 rings (SSSR count). The molecule has 0 saturated heterocycles. The number of aliphatic carboxylic acids is 1. The van der Waals surface area contributed by atoms with E-state index in [-0.39, 0.29) is 12.8 Å². The first kappa shape index (κ1) is 11.3. The first-order chi connectivity index (χ1) is 6.44. The second-order valence-corrected chi connectivity index (χ2v) is 3.55. The van der Waals surface area contributed by atoms with Crippen molar-refractivity contribution in [2.75, 3.05) is 6.61 Å². The van der Waals surface area contributed by atoms with E-state index in [2.05, 4.69) is 0 Å². The molecule has 0 aliphatic heterocycles. The summed E-state index contributed by atoms with van der Waals surface area (Å²) in [7, 11) is 0. The SMILES string of the molecule is NC1(C(=O)O)CCC(OCC(F)F)C1. The zero-order valence-corrected chi connectivity index (χ0v) is 7.58. The second-order valence-electron chi connectivity index (χ2n) is 3.55. The summed E-state index contributed by atoms with van der Waals surface area (Å²) in [5.74, 6) is -1.10. The van der Waals surface area contributed by atoms with E-state index in [0.717, 1.165) is 0 Å². The molecule has 3 N–H and O–H groups in total. The molecule has 0 radical (unpaired) electrons. The van der Waals surface area contributed by atoms with Crippen LogP contribution in [0.1, 0.15) is 19.3 Å². The largest absolute Gasteiger partial charge is 0.480 e. The molecule has 6 heteroatoms. The van der Waals surface area contributed by atoms with Gasteiger partial charge < -0.3 is 15.6 Å². The third kappa shape index (κ3) is 2.62. The first-order valence-electron chi connectivity index (χ1n) is 4.36. The maximum atomic E-state index is 11.8. The highest BCUT2D eigenvalue weighted by Crippen LogP contribution is 2.30. The molecule has 2 unspecified atom stereocenters. The molecule has 1 saturated carbocycles. The van der Waals surface area contributed by atoms with Crippen molar-refractivity contribution in [3.05, 3.63) is 0 Å². The van der Waals surface area contributed by atoms with Crippen molar-refractivity contribution in [3.8, 4) is 0 Å². The Kier molecular flexibility index (Phi) is 3.38. The molecule has 82 valence electrons. The Bertz CT molecular complexity index is 225. The summed E-state index contributed by atoms with van der Waals surface area (Å²) in [6.07, 6.45) is -2.17. The summed E-state index contributed by atoms with van der Waals surface area (Å²) in [6.45, 7) is -0.652. The monoisotopic (exact) mass is 209 g/mol. The Morgan fingerprint density at radius 3 is 2.79 bits per heavy atom. The molecule has 1 fully saturated rings. The summed E-state index contributed by atoms with van der Waals surface area (Å²) in [6, 6.07) is 0. The average Bonchev–Trinajstić information content (AvgIpc) is 2.45. The van der Waals surface area contributed by atoms with Crippen LogP contribution in [0.5, 0.6) is 0 Å². The third-order valence-electron chi connectivity index (χ3n) is 2.39. The maximum Gasteiger partial charge on any atom is 0.323 e. The number of alkyl halides is 2. The summed E-state index contributed by atoms with van der Waals surface area (Å²) < 4.78 is 28.4. The van der Waals surface area contributed by atoms with Gasteiger partial charge in [0, 0.05) is 6.42 Å². The lowest BCUT2D eigenvalue weighted by atomic mass is 10.00. The fourth-order valence-corrected chi connectivity index (χ4v) is 1.57. The molecular formula is C8H13F2NO3. The van der Waals surface area contributed by atoms with Crippen molar-refractivity contribution in [2.45, 2.75) is 37.3 Å². The van der Waals surface area contributed by atoms with Gasteiger partial charge in [0.25, 0.3) is 6.43 Å². The van der Waals surface area contributed by atoms with E-state index in [1.165, 1.54) is 0 Å². The summed E-state index contributed by atoms with van der Waals surface area (Å²) in [5, 5.41) is 8.74. The summed E-state index contributed by atoms with van der Waals surface area (Å²) >= 11 is 0. The highest BCUT2D eigenvalue weighted by molar-refractivity contribution is 5.78. The van der Waals surface area contributed by atoms with E-state index in [1.807, 2.05) is 0 Å². The zero-order chi connectivity index (χ0) is 10.8. The van der Waals surface area contributed by atoms with Gasteiger partial charge in [-0.2, -0.15) is 0 Å². The van der Waals surface area contributed by atoms with Crippen molar-refractivity contribution < 1.29 is 23.4 Å². The molecule has 0 heterocycles. The predicted octanol–water partition coefficient (Wildman–Crippen LogP) is 0.603. The number of nitrogens with two attached hydrogens (primary N) is 1. The number of carboxylic acid groups (broad SMARTS) is 1. The predicted molar refractivity (Wildman–Crippen MR) is 44.1 cm³/mol. The molecule has 0 bridgehead atoms. The highest BCUT2D eigenvalue weighted by atomic mass is 19.3. The van der Waals surface area contributed by atoms with Crippen LogP contribution >= 0.6 is 0 Å². The topological polar surface area (TPSA) is 72.6 Å². The minimum atomic E-state index is -2.52. The molecule has 1 aliphatic carbocycles. The van der Waals surface area contributed by atoms with E-state index in [1.54, 1.807) is 0 Å². The fraction of sp³-hybridized carbons (Fsp3) is 0.875. The molecule has 14 heavy (non-hydrogen) atoms. The molecular weight excluding hydrogens is 196 g/mol. The normalized spacial score (nSPS) is 32.4. The van der Waals surface area contributed by atoms with Gasteiger partial charge in [-0.25, -0.2) is 8.78 Å². The number of hydrogen-bond donors (Lipinski definition) is 2. The zero-order valence-electron chi connectivity index (χ0n) is 7.58. The van der Waals surface area contributed by atoms with Crippen LogP contribution in [0.4, 0.5) is 8.78 Å². The summed E-state index contributed by atoms with van der Waals surface area (Å²) in [4.78, 5) is 10.7. The van der Waals surface area contributed by atoms with Crippen molar-refractivity contribution in [1.82, 2.24) is 0 Å². The first-order valence-corrected chi connectivity index (χ1v) is 4.36. The number of halogens is 2. The van der Waals surface area contributed by atoms with Crippen LogP contribution in [-0.2, 0) is 9.53 Å². The van der Waals surface area contributed by atoms with Gasteiger partial charge in [-0.15, -0.1) is 0 Å². The van der Waals surface area contributed by atoms with Crippen LogP contribution < -0.4 is 5.73 Å². The van der Waals surface area contributed by atoms with E-state index in [9.17, 15) is 13.6 Å². The second kappa shape index (κ2) is 4.18. The molecule has 1 aliphatic rings. The van der Waals surface area contributed by atoms with Crippen molar-refractivity contribution in [3.63, 3.8) is 0 Å². The third-order valence-corrected chi connectivity index (χ3v) is 2.39. The summed E-state index contributed by atoms with van der Waals surface area (Å²) in [5.41, 5.74) is 4.23. The Morgan fingerprint density at radius 2 is 2.36 bits per heavy atom. The van der Waals surface area contributed by atoms with Gasteiger partial charge in [0.05, 0.1) is 6.10 Å². The van der Waals surface area contributed by atoms with Gasteiger partial charge in [0.1, 0.15) is 12.1 Å². The molecule has 0 spiro atoms. The molecule has 0 aromatic heterocycles. The number of ether oxygens (including phenoxy) is 1. The number of hydrogen-bond acceptors (Lipinski definition) is 3. The Labute approximate surface area is 80.0 Å². The lowest BCUT2D eigenvalue weighted by molar-refractivity contribution is -0.143. The Morgan fingerprint density at radius 1 is 1.71 bits per heavy atom. The van der Waals surface area contributed by atoms with Gasteiger partial charge in [-0.05, 0) is 12.8 Å². The standard InChI is InChI=1S/C8H13F2NO3/c9-6(10)4-14-5-1-2-8(11,3-5)7(12)13/h5-6H,1-4,11H2,(H,12,13). The van der Waals surface area contributed by atoms with E-state index in [0.29, 0.717) is 6.42 Å². The van der Waals surface area contributed by atoms with Gasteiger partial charge in [-0.3, -0.25) is 4.79 Å². The highest BCUT2D eigenvalue weighted by Gasteiger charge is 2.42. The quantitative estimate of drug-likeness (QED) is 0.711. The fourth-order valence-electron chi connectivity index (χ4n) is 1.57. The number of carbonyl (C=O) groups is 1. The van der Waals surface area contributed by atoms with Gasteiger partial charge in [0.2, 0.25) is 0 Å². The van der Waals surface area contributed by atoms with Gasteiger partial charge in [-0.1, -0.05) is 0 Å². The van der Waals surface area contributed by atoms with Crippen molar-refractivity contribution in [2.24, 2.45) is 5.73 Å². The Hall–Kier alpha value is -0.750. The van der Waals surface area contributed by atoms with Crippen LogP contribution in [0.25, 0.3) is 0 Å². The number of rotatable bonds is 4. The van der Waals surface area contributed by atoms with Gasteiger partial charge in [0.15, 0.2) is 0 Å². The van der Waals surface area contributed by atoms with Crippen LogP contribution in [0.3, 0.4) is 0 Å². The molecule has 0 aromatic rings. The van der Waals surface area contributed by atoms with Crippen LogP contribution in [0, 0.1) is 0 Å². The molecule has 4 nitrogen and oxygen atoms in total. The van der Waals surface area contributed by atoms with Crippen molar-refractivity contribution in [1.29, 1.82) is 0 Å². The van der Waals surface area contributed by atoms with Crippen LogP contribution in [0.15, 0.2) is 0 Å². The van der Waals surface area contributed by atoms with E-state index in [4.69, 9.17) is 15.6 Å². The molecule has 0 amide bonds. The average molecular weight is 209 g/mol. The molecule has 2 atom stereocenters. The van der Waals surface area contributed by atoms with E-state index >= 15 is 0 Å². The lowest BCUT2D eigenvalue weighted by Gasteiger charge is -2.18. The lowest BCUT2D eigenvalue weighted by Crippen LogP contribution is -2.45. The van der Waals surface area contributed by atoms with Crippen molar-refractivity contribution >= 4 is 5.97 Å². The number of carboxylic acids is 1. The Balaban J connectivity index is 2.37. The van der Waals surface area contributed by atoms with Gasteiger partial charge >= 0.3 is 5.97 Å².